The van der Waals surface area contributed by atoms with Crippen LogP contribution in [0.2, 0.25) is 0 Å². The van der Waals surface area contributed by atoms with Gasteiger partial charge in [0.2, 0.25) is 5.89 Å². The van der Waals surface area contributed by atoms with Crippen LogP contribution in [0.1, 0.15) is 33.5 Å². The molecule has 3 aromatic heterocycles. The number of rotatable bonds is 5. The van der Waals surface area contributed by atoms with Gasteiger partial charge < -0.3 is 15.5 Å². The maximum absolute atomic E-state index is 12.4. The number of pyridine rings is 1. The molecule has 2 amide bonds. The van der Waals surface area contributed by atoms with Gasteiger partial charge in [0.05, 0.1) is 5.69 Å². The first kappa shape index (κ1) is 16.4. The van der Waals surface area contributed by atoms with E-state index < -0.39 is 11.8 Å². The fraction of sp³-hybridized carbons (Fsp3) is 0.188. The number of oxazole rings is 1. The summed E-state index contributed by atoms with van der Waals surface area (Å²) < 4.78 is 6.89. The highest BCUT2D eigenvalue weighted by molar-refractivity contribution is 6.07. The van der Waals surface area contributed by atoms with Crippen molar-refractivity contribution in [1.29, 1.82) is 0 Å². The third-order valence-electron chi connectivity index (χ3n) is 3.55. The first-order valence-corrected chi connectivity index (χ1v) is 7.54. The van der Waals surface area contributed by atoms with Gasteiger partial charge in [-0.15, -0.1) is 0 Å². The zero-order valence-corrected chi connectivity index (χ0v) is 13.7. The van der Waals surface area contributed by atoms with Crippen LogP contribution in [-0.2, 0) is 6.54 Å². The molecule has 0 fully saturated rings. The van der Waals surface area contributed by atoms with Crippen molar-refractivity contribution in [2.45, 2.75) is 20.4 Å². The summed E-state index contributed by atoms with van der Waals surface area (Å²) >= 11 is 0. The van der Waals surface area contributed by atoms with Gasteiger partial charge in [0.1, 0.15) is 6.26 Å². The largest absolute Gasteiger partial charge is 0.444 e. The van der Waals surface area contributed by atoms with E-state index in [1.807, 2.05) is 13.8 Å². The van der Waals surface area contributed by atoms with E-state index >= 15 is 0 Å². The van der Waals surface area contributed by atoms with Crippen molar-refractivity contribution in [2.75, 3.05) is 5.32 Å². The summed E-state index contributed by atoms with van der Waals surface area (Å²) in [5.74, 6) is -0.944. The molecule has 0 spiro atoms. The predicted octanol–water partition coefficient (Wildman–Crippen LogP) is 1.61. The molecule has 0 aromatic carbocycles. The number of anilines is 1. The lowest BCUT2D eigenvalue weighted by Gasteiger charge is -2.00. The number of hydrogen-bond acceptors (Lipinski definition) is 6. The summed E-state index contributed by atoms with van der Waals surface area (Å²) in [5.41, 5.74) is 7.19. The molecular formula is C16H16N6O3. The number of aromatic nitrogens is 4. The van der Waals surface area contributed by atoms with Crippen molar-refractivity contribution in [3.8, 4) is 11.5 Å². The topological polar surface area (TPSA) is 129 Å². The van der Waals surface area contributed by atoms with E-state index in [-0.39, 0.29) is 17.1 Å². The third kappa shape index (κ3) is 3.25. The highest BCUT2D eigenvalue weighted by Gasteiger charge is 2.19. The molecule has 0 aliphatic heterocycles. The van der Waals surface area contributed by atoms with Crippen molar-refractivity contribution in [1.82, 2.24) is 19.7 Å². The van der Waals surface area contributed by atoms with Crippen LogP contribution < -0.4 is 11.1 Å². The number of carbonyl (C=O) groups excluding carboxylic acids is 2. The molecular weight excluding hydrogens is 324 g/mol. The minimum absolute atomic E-state index is 0.0103. The Bertz CT molecular complexity index is 943. The third-order valence-corrected chi connectivity index (χ3v) is 3.55. The highest BCUT2D eigenvalue weighted by atomic mass is 16.3. The number of hydrogen-bond donors (Lipinski definition) is 2. The van der Waals surface area contributed by atoms with Gasteiger partial charge in [-0.3, -0.25) is 19.3 Å². The standard InChI is InChI=1S/C16H16N6O3/c1-3-22-7-11(13(21-22)14(17)23)19-15(24)12-8-25-16(20-12)10-4-5-18-6-9(10)2/h4-8H,3H2,1-2H3,(H2,17,23)(H,19,24). The second-order valence-corrected chi connectivity index (χ2v) is 5.29. The van der Waals surface area contributed by atoms with Crippen LogP contribution in [0.4, 0.5) is 5.69 Å². The van der Waals surface area contributed by atoms with E-state index in [2.05, 4.69) is 20.4 Å². The minimum atomic E-state index is -0.726. The summed E-state index contributed by atoms with van der Waals surface area (Å²) in [6, 6.07) is 1.75. The van der Waals surface area contributed by atoms with Crippen LogP contribution in [0.3, 0.4) is 0 Å². The smallest absolute Gasteiger partial charge is 0.277 e. The van der Waals surface area contributed by atoms with Crippen LogP contribution in [-0.4, -0.2) is 31.6 Å². The number of primary amides is 1. The molecule has 0 radical (unpaired) electrons. The summed E-state index contributed by atoms with van der Waals surface area (Å²) in [4.78, 5) is 32.0. The van der Waals surface area contributed by atoms with Gasteiger partial charge in [0, 0.05) is 30.7 Å². The molecule has 9 nitrogen and oxygen atoms in total. The molecule has 3 N–H and O–H groups in total. The number of nitrogens with two attached hydrogens (primary N) is 1. The summed E-state index contributed by atoms with van der Waals surface area (Å²) in [6.07, 6.45) is 6.08. The van der Waals surface area contributed by atoms with E-state index in [0.717, 1.165) is 11.1 Å². The van der Waals surface area contributed by atoms with Crippen molar-refractivity contribution < 1.29 is 14.0 Å². The van der Waals surface area contributed by atoms with Crippen LogP contribution >= 0.6 is 0 Å². The number of carbonyl (C=O) groups is 2. The van der Waals surface area contributed by atoms with Gasteiger partial charge in [0.25, 0.3) is 11.8 Å². The predicted molar refractivity (Wildman–Crippen MR) is 88.8 cm³/mol. The Labute approximate surface area is 142 Å². The molecule has 0 aliphatic carbocycles. The molecule has 0 saturated carbocycles. The van der Waals surface area contributed by atoms with Crippen molar-refractivity contribution in [3.63, 3.8) is 0 Å². The fourth-order valence-corrected chi connectivity index (χ4v) is 2.26. The molecule has 0 saturated heterocycles. The fourth-order valence-electron chi connectivity index (χ4n) is 2.26. The van der Waals surface area contributed by atoms with Crippen LogP contribution in [0.5, 0.6) is 0 Å². The molecule has 0 aliphatic rings. The van der Waals surface area contributed by atoms with Gasteiger partial charge in [0.15, 0.2) is 11.4 Å². The Hall–Kier alpha value is -3.49. The number of amides is 2. The Morgan fingerprint density at radius 2 is 2.20 bits per heavy atom. The Morgan fingerprint density at radius 1 is 1.40 bits per heavy atom. The number of aryl methyl sites for hydroxylation is 2. The molecule has 0 bridgehead atoms. The lowest BCUT2D eigenvalue weighted by molar-refractivity contribution is 0.0995. The van der Waals surface area contributed by atoms with Gasteiger partial charge in [-0.05, 0) is 25.5 Å². The first-order chi connectivity index (χ1) is 12.0. The highest BCUT2D eigenvalue weighted by Crippen LogP contribution is 2.22. The lowest BCUT2D eigenvalue weighted by Crippen LogP contribution is -2.18. The minimum Gasteiger partial charge on any atom is -0.444 e. The number of nitrogens with zero attached hydrogens (tertiary/aromatic N) is 4. The second kappa shape index (κ2) is 6.56. The normalized spacial score (nSPS) is 10.6. The molecule has 25 heavy (non-hydrogen) atoms. The molecule has 0 atom stereocenters. The van der Waals surface area contributed by atoms with Gasteiger partial charge in [-0.2, -0.15) is 5.10 Å². The van der Waals surface area contributed by atoms with Crippen LogP contribution in [0, 0.1) is 6.92 Å². The maximum Gasteiger partial charge on any atom is 0.277 e. The van der Waals surface area contributed by atoms with E-state index in [1.165, 1.54) is 17.1 Å². The number of nitrogens with one attached hydrogen (secondary N) is 1. The van der Waals surface area contributed by atoms with E-state index in [0.29, 0.717) is 12.4 Å². The van der Waals surface area contributed by atoms with Crippen LogP contribution in [0.25, 0.3) is 11.5 Å². The van der Waals surface area contributed by atoms with Gasteiger partial charge >= 0.3 is 0 Å². The molecule has 0 unspecified atom stereocenters. The van der Waals surface area contributed by atoms with E-state index in [9.17, 15) is 9.59 Å². The second-order valence-electron chi connectivity index (χ2n) is 5.29. The maximum atomic E-state index is 12.4. The van der Waals surface area contributed by atoms with Crippen LogP contribution in [0.15, 0.2) is 35.3 Å². The quantitative estimate of drug-likeness (QED) is 0.726. The zero-order valence-electron chi connectivity index (χ0n) is 13.7. The monoisotopic (exact) mass is 340 g/mol. The summed E-state index contributed by atoms with van der Waals surface area (Å²) in [7, 11) is 0. The molecule has 3 heterocycles. The first-order valence-electron chi connectivity index (χ1n) is 7.54. The van der Waals surface area contributed by atoms with Gasteiger partial charge in [-0.25, -0.2) is 4.98 Å². The van der Waals surface area contributed by atoms with Gasteiger partial charge in [-0.1, -0.05) is 0 Å². The average Bonchev–Trinajstić information content (AvgIpc) is 3.22. The molecule has 128 valence electrons. The summed E-state index contributed by atoms with van der Waals surface area (Å²) in [5, 5.41) is 6.60. The average molecular weight is 340 g/mol. The zero-order chi connectivity index (χ0) is 18.0. The summed E-state index contributed by atoms with van der Waals surface area (Å²) in [6.45, 7) is 4.25. The SMILES string of the molecule is CCn1cc(NC(=O)c2coc(-c3ccncc3C)n2)c(C(N)=O)n1. The Kier molecular flexibility index (Phi) is 4.29. The molecule has 3 rings (SSSR count). The Balaban J connectivity index is 1.85. The van der Waals surface area contributed by atoms with Crippen molar-refractivity contribution in [3.05, 3.63) is 47.9 Å². The lowest BCUT2D eigenvalue weighted by atomic mass is 10.1. The van der Waals surface area contributed by atoms with Crippen molar-refractivity contribution in [2.24, 2.45) is 5.73 Å². The molecule has 3 aromatic rings. The Morgan fingerprint density at radius 3 is 2.88 bits per heavy atom. The molecule has 9 heteroatoms. The van der Waals surface area contributed by atoms with E-state index in [4.69, 9.17) is 10.2 Å². The van der Waals surface area contributed by atoms with E-state index in [1.54, 1.807) is 18.5 Å². The van der Waals surface area contributed by atoms with Crippen molar-refractivity contribution >= 4 is 17.5 Å².